The Hall–Kier alpha value is -2.73. The summed E-state index contributed by atoms with van der Waals surface area (Å²) in [6, 6.07) is 7.98. The zero-order chi connectivity index (χ0) is 19.9. The van der Waals surface area contributed by atoms with Crippen LogP contribution >= 0.6 is 15.9 Å². The van der Waals surface area contributed by atoms with Gasteiger partial charge in [-0.3, -0.25) is 0 Å². The van der Waals surface area contributed by atoms with E-state index in [9.17, 15) is 13.2 Å². The first-order chi connectivity index (χ1) is 13.4. The van der Waals surface area contributed by atoms with Gasteiger partial charge < -0.3 is 14.9 Å². The first-order valence-corrected chi connectivity index (χ1v) is 10.6. The lowest BCUT2D eigenvalue weighted by molar-refractivity contribution is 0.142. The van der Waals surface area contributed by atoms with Gasteiger partial charge in [-0.15, -0.1) is 9.19 Å². The van der Waals surface area contributed by atoms with E-state index in [1.807, 2.05) is 4.90 Å². The number of halogens is 1. The maximum atomic E-state index is 13.0. The fourth-order valence-electron chi connectivity index (χ4n) is 3.08. The Morgan fingerprint density at radius 2 is 1.75 bits per heavy atom. The fraction of sp³-hybridized carbons (Fsp3) is 0.250. The van der Waals surface area contributed by atoms with Gasteiger partial charge in [0.2, 0.25) is 0 Å². The summed E-state index contributed by atoms with van der Waals surface area (Å²) >= 11 is 3.33. The maximum absolute atomic E-state index is 13.0. The van der Waals surface area contributed by atoms with Gasteiger partial charge in [-0.2, -0.15) is 8.42 Å². The molecule has 3 heterocycles. The molecule has 1 aliphatic heterocycles. The molecule has 1 amide bonds. The molecular weight excluding hydrogens is 452 g/mol. The number of carboxylic acid groups (broad SMARTS) is 1. The van der Waals surface area contributed by atoms with Crippen LogP contribution in [-0.2, 0) is 10.0 Å². The standard InChI is InChI=1S/C16H15BrN6O4S/c17-13-12-14(21-6-8-22(9-7-21)16(24)25)18-10-19-15(12)23(20-13)28(26,27)11-4-2-1-3-5-11/h1-5,10H,6-9H2,(H,24,25). The molecule has 0 aliphatic carbocycles. The maximum Gasteiger partial charge on any atom is 0.407 e. The second kappa shape index (κ2) is 7.02. The molecule has 1 aliphatic rings. The van der Waals surface area contributed by atoms with Crippen molar-refractivity contribution in [3.8, 4) is 0 Å². The molecule has 3 aromatic rings. The average Bonchev–Trinajstić information content (AvgIpc) is 3.06. The Labute approximate surface area is 168 Å². The molecule has 0 saturated carbocycles. The van der Waals surface area contributed by atoms with E-state index in [-0.39, 0.29) is 10.5 Å². The largest absolute Gasteiger partial charge is 0.465 e. The summed E-state index contributed by atoms with van der Waals surface area (Å²) in [6.07, 6.45) is 0.322. The van der Waals surface area contributed by atoms with Gasteiger partial charge in [-0.1, -0.05) is 18.2 Å². The van der Waals surface area contributed by atoms with Gasteiger partial charge in [0, 0.05) is 26.2 Å². The normalized spacial score (nSPS) is 15.2. The van der Waals surface area contributed by atoms with Crippen LogP contribution in [0.25, 0.3) is 11.0 Å². The molecule has 10 nitrogen and oxygen atoms in total. The minimum atomic E-state index is -3.93. The van der Waals surface area contributed by atoms with Crippen LogP contribution in [0.1, 0.15) is 0 Å². The number of piperazine rings is 1. The van der Waals surface area contributed by atoms with Crippen LogP contribution < -0.4 is 4.90 Å². The second-order valence-electron chi connectivity index (χ2n) is 6.10. The second-order valence-corrected chi connectivity index (χ2v) is 8.62. The molecular formula is C16H15BrN6O4S. The van der Waals surface area contributed by atoms with Crippen LogP contribution in [0.4, 0.5) is 10.6 Å². The molecule has 1 N–H and O–H groups in total. The molecule has 0 unspecified atom stereocenters. The highest BCUT2D eigenvalue weighted by Crippen LogP contribution is 2.32. The van der Waals surface area contributed by atoms with Crippen LogP contribution in [0, 0.1) is 0 Å². The number of anilines is 1. The Kier molecular flexibility index (Phi) is 4.67. The topological polar surface area (TPSA) is 122 Å². The molecule has 28 heavy (non-hydrogen) atoms. The van der Waals surface area contributed by atoms with Crippen molar-refractivity contribution in [2.75, 3.05) is 31.1 Å². The van der Waals surface area contributed by atoms with Crippen molar-refractivity contribution in [3.63, 3.8) is 0 Å². The van der Waals surface area contributed by atoms with Crippen molar-refractivity contribution in [3.05, 3.63) is 41.3 Å². The fourth-order valence-corrected chi connectivity index (χ4v) is 4.96. The summed E-state index contributed by atoms with van der Waals surface area (Å²) < 4.78 is 27.2. The molecule has 146 valence electrons. The van der Waals surface area contributed by atoms with Crippen LogP contribution in [0.5, 0.6) is 0 Å². The third kappa shape index (κ3) is 3.07. The Balaban J connectivity index is 1.78. The number of carbonyl (C=O) groups is 1. The third-order valence-electron chi connectivity index (χ3n) is 4.49. The number of rotatable bonds is 3. The van der Waals surface area contributed by atoms with Crippen LogP contribution in [0.2, 0.25) is 0 Å². The molecule has 1 saturated heterocycles. The van der Waals surface area contributed by atoms with Crippen molar-refractivity contribution >= 4 is 48.9 Å². The van der Waals surface area contributed by atoms with Gasteiger partial charge in [0.1, 0.15) is 16.7 Å². The number of nitrogens with zero attached hydrogens (tertiary/aromatic N) is 6. The van der Waals surface area contributed by atoms with E-state index in [0.29, 0.717) is 42.0 Å². The molecule has 2 aromatic heterocycles. The Morgan fingerprint density at radius 1 is 1.07 bits per heavy atom. The minimum absolute atomic E-state index is 0.0992. The number of amides is 1. The minimum Gasteiger partial charge on any atom is -0.465 e. The zero-order valence-corrected chi connectivity index (χ0v) is 16.8. The van der Waals surface area contributed by atoms with Crippen molar-refractivity contribution in [1.82, 2.24) is 24.1 Å². The van der Waals surface area contributed by atoms with Crippen LogP contribution in [0.3, 0.4) is 0 Å². The predicted octanol–water partition coefficient (Wildman–Crippen LogP) is 1.63. The van der Waals surface area contributed by atoms with Gasteiger partial charge in [0.05, 0.1) is 10.3 Å². The van der Waals surface area contributed by atoms with Gasteiger partial charge in [0.25, 0.3) is 10.0 Å². The van der Waals surface area contributed by atoms with Crippen molar-refractivity contribution in [2.45, 2.75) is 4.90 Å². The van der Waals surface area contributed by atoms with Crippen molar-refractivity contribution in [1.29, 1.82) is 0 Å². The van der Waals surface area contributed by atoms with E-state index < -0.39 is 16.1 Å². The Bertz CT molecular complexity index is 1140. The van der Waals surface area contributed by atoms with Gasteiger partial charge in [-0.05, 0) is 28.1 Å². The van der Waals surface area contributed by atoms with Gasteiger partial charge in [0.15, 0.2) is 5.65 Å². The lowest BCUT2D eigenvalue weighted by Crippen LogP contribution is -2.48. The van der Waals surface area contributed by atoms with Crippen LogP contribution in [0.15, 0.2) is 46.2 Å². The highest BCUT2D eigenvalue weighted by atomic mass is 79.9. The Morgan fingerprint density at radius 3 is 2.39 bits per heavy atom. The first kappa shape index (κ1) is 18.6. The van der Waals surface area contributed by atoms with E-state index in [0.717, 1.165) is 4.09 Å². The third-order valence-corrected chi connectivity index (χ3v) is 6.62. The summed E-state index contributed by atoms with van der Waals surface area (Å²) in [5.74, 6) is 0.511. The summed E-state index contributed by atoms with van der Waals surface area (Å²) in [4.78, 5) is 22.9. The number of hydrogen-bond donors (Lipinski definition) is 1. The SMILES string of the molecule is O=C(O)N1CCN(c2ncnc3c2c(Br)nn3S(=O)(=O)c2ccccc2)CC1. The summed E-state index contributed by atoms with van der Waals surface area (Å²) in [6.45, 7) is 1.52. The lowest BCUT2D eigenvalue weighted by atomic mass is 10.3. The predicted molar refractivity (Wildman–Crippen MR) is 104 cm³/mol. The first-order valence-electron chi connectivity index (χ1n) is 8.32. The average molecular weight is 467 g/mol. The molecule has 0 spiro atoms. The van der Waals surface area contributed by atoms with E-state index >= 15 is 0 Å². The van der Waals surface area contributed by atoms with E-state index in [4.69, 9.17) is 5.11 Å². The number of hydrogen-bond acceptors (Lipinski definition) is 7. The van der Waals surface area contributed by atoms with E-state index in [1.165, 1.54) is 23.4 Å². The van der Waals surface area contributed by atoms with E-state index in [2.05, 4.69) is 31.0 Å². The van der Waals surface area contributed by atoms with Crippen molar-refractivity contribution < 1.29 is 18.3 Å². The molecule has 1 aromatic carbocycles. The number of fused-ring (bicyclic) bond motifs is 1. The zero-order valence-electron chi connectivity index (χ0n) is 14.4. The van der Waals surface area contributed by atoms with Gasteiger partial charge in [-0.25, -0.2) is 14.8 Å². The molecule has 0 atom stereocenters. The number of aromatic nitrogens is 4. The number of benzene rings is 1. The summed E-state index contributed by atoms with van der Waals surface area (Å²) in [5, 5.41) is 13.7. The summed E-state index contributed by atoms with van der Waals surface area (Å²) in [7, 11) is -3.93. The molecule has 0 radical (unpaired) electrons. The van der Waals surface area contributed by atoms with Gasteiger partial charge >= 0.3 is 6.09 Å². The summed E-state index contributed by atoms with van der Waals surface area (Å²) in [5.41, 5.74) is 0.154. The smallest absolute Gasteiger partial charge is 0.407 e. The van der Waals surface area contributed by atoms with Crippen LogP contribution in [-0.4, -0.2) is 69.9 Å². The quantitative estimate of drug-likeness (QED) is 0.617. The highest BCUT2D eigenvalue weighted by Gasteiger charge is 2.28. The highest BCUT2D eigenvalue weighted by molar-refractivity contribution is 9.10. The molecule has 4 rings (SSSR count). The monoisotopic (exact) mass is 466 g/mol. The van der Waals surface area contributed by atoms with E-state index in [1.54, 1.807) is 18.2 Å². The molecule has 0 bridgehead atoms. The molecule has 1 fully saturated rings. The molecule has 12 heteroatoms. The lowest BCUT2D eigenvalue weighted by Gasteiger charge is -2.33. The van der Waals surface area contributed by atoms with Crippen molar-refractivity contribution in [2.24, 2.45) is 0 Å².